The van der Waals surface area contributed by atoms with Gasteiger partial charge in [0.2, 0.25) is 53.2 Å². The number of hydrogen-bond donors (Lipinski definition) is 18. The first-order valence-electron chi connectivity index (χ1n) is 30.1. The summed E-state index contributed by atoms with van der Waals surface area (Å²) < 4.78 is 0. The number of aromatic amines is 2. The number of aromatic hydroxyl groups is 1. The van der Waals surface area contributed by atoms with Crippen LogP contribution in [0.2, 0.25) is 0 Å². The van der Waals surface area contributed by atoms with Gasteiger partial charge in [-0.25, -0.2) is 4.79 Å². The van der Waals surface area contributed by atoms with E-state index >= 15 is 0 Å². The minimum Gasteiger partial charge on any atom is -0.508 e. The molecule has 0 spiro atoms. The van der Waals surface area contributed by atoms with Crippen LogP contribution in [0.3, 0.4) is 0 Å². The number of urea groups is 1. The van der Waals surface area contributed by atoms with Gasteiger partial charge < -0.3 is 95.7 Å². The number of primary amides is 1. The third kappa shape index (κ3) is 20.9. The zero-order valence-electron chi connectivity index (χ0n) is 50.4. The number of aromatic nitrogens is 2. The Morgan fingerprint density at radius 3 is 1.34 bits per heavy atom. The maximum atomic E-state index is 15.0. The number of aliphatic hydroxyl groups excluding tert-OH is 2. The summed E-state index contributed by atoms with van der Waals surface area (Å²) in [6.07, 6.45) is 3.86. The van der Waals surface area contributed by atoms with Crippen LogP contribution in [0, 0.1) is 0 Å². The number of nitrogens with two attached hydrogens (primary N) is 3. The van der Waals surface area contributed by atoms with Crippen molar-refractivity contribution >= 4 is 92.8 Å². The lowest BCUT2D eigenvalue weighted by Crippen LogP contribution is -2.62. The second kappa shape index (κ2) is 35.4. The minimum absolute atomic E-state index is 0.00326. The highest BCUT2D eigenvalue weighted by Crippen LogP contribution is 2.22. The largest absolute Gasteiger partial charge is 0.508 e. The van der Waals surface area contributed by atoms with Gasteiger partial charge in [0.1, 0.15) is 60.1 Å². The number of H-pyrrole nitrogens is 2. The number of phenolic OH excluding ortho intramolecular Hbond substituents is 1. The Morgan fingerprint density at radius 2 is 0.900 bits per heavy atom. The van der Waals surface area contributed by atoms with Crippen molar-refractivity contribution in [2.45, 2.75) is 144 Å². The molecule has 90 heavy (non-hydrogen) atoms. The van der Waals surface area contributed by atoms with Crippen LogP contribution in [0.4, 0.5) is 4.79 Å². The smallest absolute Gasteiger partial charge is 0.312 e. The predicted molar refractivity (Wildman–Crippen MR) is 338 cm³/mol. The van der Waals surface area contributed by atoms with Gasteiger partial charge in [0.25, 0.3) is 0 Å². The standard InChI is InChI=1S/C61H85N15O13S/c1-34(78)51-60(88)71-45(18-11-26-65-61(64)89)53(81)74-49(30-37-32-67-42-15-6-4-13-40(37)42)58(86)72-47(28-35-19-21-38(79)22-20-35)56(84)75-50(33-77)59(87)70-46(23-27-90-2)54(82)68-43(16-7-9-24-62)52(80)73-48(29-36-31-66-41-14-5-3-12-39(36)41)57(85)69-44(55(83)76-51)17-8-10-25-63/h3-6,12-15,19-22,31-32,34,43-51,66-67,77-79H,7-11,16-18,23-30,33,62-63H2,1-2H3,(H,68,82)(H,69,85)(H,70,87)(H,71,88)(H,72,86)(H,73,80)(H,74,81)(H,75,84)(H,76,83)(H3,64,65,89)/t34-,43+,44+,45+,46+,47+,48+,49+,50+,51+/m1/s1. The number of nitrogens with one attached hydrogen (secondary N) is 12. The number of hydrogen-bond acceptors (Lipinski definition) is 16. The zero-order chi connectivity index (χ0) is 65.3. The van der Waals surface area contributed by atoms with Gasteiger partial charge in [0.05, 0.1) is 12.7 Å². The average Bonchev–Trinajstić information content (AvgIpc) is 1.82. The monoisotopic (exact) mass is 1270 g/mol. The van der Waals surface area contributed by atoms with Crippen molar-refractivity contribution in [3.8, 4) is 5.75 Å². The van der Waals surface area contributed by atoms with E-state index in [-0.39, 0.29) is 83.2 Å². The first kappa shape index (κ1) is 70.3. The third-order valence-corrected chi connectivity index (χ3v) is 16.0. The lowest BCUT2D eigenvalue weighted by molar-refractivity contribution is -0.137. The van der Waals surface area contributed by atoms with Crippen LogP contribution < -0.4 is 70.4 Å². The Balaban J connectivity index is 1.46. The number of rotatable bonds is 23. The van der Waals surface area contributed by atoms with Crippen molar-refractivity contribution in [2.75, 3.05) is 38.2 Å². The first-order valence-corrected chi connectivity index (χ1v) is 31.5. The molecule has 0 aliphatic carbocycles. The summed E-state index contributed by atoms with van der Waals surface area (Å²) in [6.45, 7) is 0.555. The summed E-state index contributed by atoms with van der Waals surface area (Å²) in [6, 6.07) is 5.21. The van der Waals surface area contributed by atoms with E-state index in [0.29, 0.717) is 63.5 Å². The van der Waals surface area contributed by atoms with Gasteiger partial charge in [-0.15, -0.1) is 0 Å². The Hall–Kier alpha value is -8.77. The summed E-state index contributed by atoms with van der Waals surface area (Å²) in [5.41, 5.74) is 20.0. The highest BCUT2D eigenvalue weighted by Gasteiger charge is 2.38. The van der Waals surface area contributed by atoms with Crippen LogP contribution in [0.5, 0.6) is 5.75 Å². The molecule has 3 heterocycles. The van der Waals surface area contributed by atoms with Crippen molar-refractivity contribution in [1.82, 2.24) is 63.1 Å². The van der Waals surface area contributed by atoms with Crippen molar-refractivity contribution in [3.63, 3.8) is 0 Å². The number of carbonyl (C=O) groups is 10. The minimum atomic E-state index is -1.80. The van der Waals surface area contributed by atoms with Gasteiger partial charge in [-0.1, -0.05) is 48.5 Å². The molecule has 29 heteroatoms. The lowest BCUT2D eigenvalue weighted by atomic mass is 10.0. The van der Waals surface area contributed by atoms with Crippen molar-refractivity contribution in [2.24, 2.45) is 17.2 Å². The molecule has 1 fully saturated rings. The fraction of sp³-hybridized carbons (Fsp3) is 0.475. The molecule has 10 atom stereocenters. The van der Waals surface area contributed by atoms with Crippen LogP contribution in [0.1, 0.15) is 81.4 Å². The SMILES string of the molecule is CSCC[C@@H]1NC(=O)[C@H](CO)NC(=O)[C@H](Cc2ccc(O)cc2)NC(=O)[C@H](Cc2c[nH]c3ccccc23)NC(=O)[C@H](CCCNC(N)=O)NC(=O)[C@H]([C@@H](C)O)NC(=O)[C@H](CCCCN)NC(=O)[C@H](Cc2c[nH]c3ccccc23)NC(=O)[C@H](CCCCN)NC1=O. The Bertz CT molecular complexity index is 3250. The molecule has 5 aromatic rings. The van der Waals surface area contributed by atoms with Gasteiger partial charge in [0.15, 0.2) is 0 Å². The number of benzene rings is 3. The molecular formula is C61H85N15O13S. The van der Waals surface area contributed by atoms with Gasteiger partial charge >= 0.3 is 6.03 Å². The van der Waals surface area contributed by atoms with E-state index in [2.05, 4.69) is 63.1 Å². The molecule has 488 valence electrons. The van der Waals surface area contributed by atoms with E-state index < -0.39 is 126 Å². The third-order valence-electron chi connectivity index (χ3n) is 15.4. The number of carbonyl (C=O) groups excluding carboxylic acids is 10. The second-order valence-electron chi connectivity index (χ2n) is 22.2. The average molecular weight is 1270 g/mol. The van der Waals surface area contributed by atoms with Gasteiger partial charge in [-0.05, 0) is 131 Å². The summed E-state index contributed by atoms with van der Waals surface area (Å²) in [5, 5.41) is 59.9. The van der Waals surface area contributed by atoms with E-state index in [1.54, 1.807) is 55.0 Å². The predicted octanol–water partition coefficient (Wildman–Crippen LogP) is -1.41. The molecule has 0 bridgehead atoms. The quantitative estimate of drug-likeness (QED) is 0.0334. The normalized spacial score (nSPS) is 22.8. The van der Waals surface area contributed by atoms with Gasteiger partial charge in [-0.3, -0.25) is 43.2 Å². The molecule has 28 nitrogen and oxygen atoms in total. The van der Waals surface area contributed by atoms with E-state index in [1.165, 1.54) is 43.0 Å². The van der Waals surface area contributed by atoms with Crippen LogP contribution in [0.25, 0.3) is 21.8 Å². The molecule has 0 radical (unpaired) electrons. The Labute approximate surface area is 524 Å². The van der Waals surface area contributed by atoms with Crippen LogP contribution >= 0.6 is 11.8 Å². The Kier molecular flexibility index (Phi) is 27.7. The van der Waals surface area contributed by atoms with Crippen LogP contribution in [-0.4, -0.2) is 183 Å². The zero-order valence-corrected chi connectivity index (χ0v) is 51.3. The van der Waals surface area contributed by atoms with Crippen molar-refractivity contribution < 1.29 is 63.3 Å². The number of amides is 11. The molecule has 1 aliphatic rings. The molecule has 0 unspecified atom stereocenters. The molecule has 1 aliphatic heterocycles. The van der Waals surface area contributed by atoms with Crippen LogP contribution in [-0.2, 0) is 62.4 Å². The number of phenols is 1. The molecule has 2 aromatic heterocycles. The second-order valence-corrected chi connectivity index (χ2v) is 23.2. The Morgan fingerprint density at radius 1 is 0.511 bits per heavy atom. The summed E-state index contributed by atoms with van der Waals surface area (Å²) >= 11 is 1.34. The van der Waals surface area contributed by atoms with Gasteiger partial charge in [0, 0.05) is 60.0 Å². The molecule has 11 amide bonds. The lowest BCUT2D eigenvalue weighted by Gasteiger charge is -2.29. The highest BCUT2D eigenvalue weighted by molar-refractivity contribution is 7.98. The summed E-state index contributed by atoms with van der Waals surface area (Å²) in [7, 11) is 0. The van der Waals surface area contributed by atoms with Crippen molar-refractivity contribution in [1.29, 1.82) is 0 Å². The number of thioether (sulfide) groups is 1. The fourth-order valence-electron chi connectivity index (χ4n) is 10.4. The van der Waals surface area contributed by atoms with Gasteiger partial charge in [-0.2, -0.15) is 11.8 Å². The van der Waals surface area contributed by atoms with E-state index in [0.717, 1.165) is 0 Å². The maximum Gasteiger partial charge on any atom is 0.312 e. The molecule has 6 rings (SSSR count). The van der Waals surface area contributed by atoms with E-state index in [4.69, 9.17) is 17.2 Å². The fourth-order valence-corrected chi connectivity index (χ4v) is 10.8. The molecule has 1 saturated heterocycles. The molecule has 21 N–H and O–H groups in total. The summed E-state index contributed by atoms with van der Waals surface area (Å²) in [5.74, 6) is -8.30. The number of aliphatic hydroxyl groups is 2. The molecule has 0 saturated carbocycles. The maximum absolute atomic E-state index is 15.0. The summed E-state index contributed by atoms with van der Waals surface area (Å²) in [4.78, 5) is 150. The molecule has 3 aromatic carbocycles. The number of fused-ring (bicyclic) bond motifs is 2. The molecular weight excluding hydrogens is 1180 g/mol. The van der Waals surface area contributed by atoms with E-state index in [1.807, 2.05) is 12.1 Å². The van der Waals surface area contributed by atoms with E-state index in [9.17, 15) is 63.3 Å². The topological polar surface area (TPSA) is 461 Å². The van der Waals surface area contributed by atoms with Crippen molar-refractivity contribution in [3.05, 3.63) is 102 Å². The highest BCUT2D eigenvalue weighted by atomic mass is 32.2. The number of unbranched alkanes of at least 4 members (excludes halogenated alkanes) is 2. The number of para-hydroxylation sites is 2. The first-order chi connectivity index (χ1) is 43.2. The van der Waals surface area contributed by atoms with Crippen LogP contribution in [0.15, 0.2) is 85.2 Å².